The third-order valence-corrected chi connectivity index (χ3v) is 17.3. The van der Waals surface area contributed by atoms with Gasteiger partial charge in [-0.2, -0.15) is 18.2 Å². The number of likely N-dealkylation sites (tertiary alicyclic amines) is 1. The van der Waals surface area contributed by atoms with Gasteiger partial charge in [-0.25, -0.2) is 8.42 Å². The normalized spacial score (nSPS) is 19.5. The molecule has 0 aromatic heterocycles. The number of nitrogens with one attached hydrogen (secondary N) is 2. The number of allylic oxidation sites excluding steroid dienone is 1. The molecule has 3 saturated heterocycles. The van der Waals surface area contributed by atoms with Crippen LogP contribution in [0.15, 0.2) is 112 Å². The van der Waals surface area contributed by atoms with Crippen LogP contribution >= 0.6 is 23.4 Å². The van der Waals surface area contributed by atoms with Crippen LogP contribution in [0.3, 0.4) is 0 Å². The number of piperazine rings is 1. The molecule has 423 valence electrons. The average molecular weight is 1160 g/mol. The van der Waals surface area contributed by atoms with Crippen molar-refractivity contribution >= 4 is 56.2 Å². The number of halogens is 4. The molecule has 1 amide bonds. The molecule has 3 fully saturated rings. The van der Waals surface area contributed by atoms with E-state index in [1.165, 1.54) is 33.7 Å². The van der Waals surface area contributed by atoms with E-state index in [2.05, 4.69) is 66.9 Å². The number of rotatable bonds is 20. The topological polar surface area (TPSA) is 179 Å². The minimum atomic E-state index is -4.14. The molecule has 4 aromatic rings. The van der Waals surface area contributed by atoms with E-state index in [1.54, 1.807) is 44.2 Å². The monoisotopic (exact) mass is 1160 g/mol. The van der Waals surface area contributed by atoms with Gasteiger partial charge in [-0.1, -0.05) is 60.1 Å². The Morgan fingerprint density at radius 3 is 2.18 bits per heavy atom. The molecule has 0 unspecified atom stereocenters. The van der Waals surface area contributed by atoms with Gasteiger partial charge in [0.2, 0.25) is 10.0 Å². The maximum atomic E-state index is 13.5. The average Bonchev–Trinajstić information content (AvgIpc) is 3.68. The zero-order valence-electron chi connectivity index (χ0n) is 44.5. The summed E-state index contributed by atoms with van der Waals surface area (Å²) < 4.78 is 74.8. The van der Waals surface area contributed by atoms with Gasteiger partial charge in [-0.15, -0.1) is 17.8 Å². The minimum Gasteiger partial charge on any atom is -0.412 e. The Bertz CT molecular complexity index is 2480. The molecule has 3 aliphatic heterocycles. The fourth-order valence-electron chi connectivity index (χ4n) is 10.7. The Kier molecular flexibility index (Phi) is 28.1. The fraction of sp³-hybridized carbons (Fsp3) is 0.500. The summed E-state index contributed by atoms with van der Waals surface area (Å²) in [5.74, 6) is 0.603. The molecule has 3 heterocycles. The van der Waals surface area contributed by atoms with Gasteiger partial charge >= 0.3 is 0 Å². The number of amides is 1. The Labute approximate surface area is 482 Å². The molecular formula is C56H76ClF3N6O8S2Sc-2. The first-order valence-corrected chi connectivity index (χ1v) is 28.5. The van der Waals surface area contributed by atoms with Gasteiger partial charge in [0.1, 0.15) is 0 Å². The minimum absolute atomic E-state index is 0. The fourth-order valence-corrected chi connectivity index (χ4v) is 12.7. The molecular weight excluding hydrogens is 1090 g/mol. The van der Waals surface area contributed by atoms with E-state index < -0.39 is 22.6 Å². The Morgan fingerprint density at radius 2 is 1.55 bits per heavy atom. The van der Waals surface area contributed by atoms with E-state index in [0.29, 0.717) is 11.6 Å². The Hall–Kier alpha value is -3.38. The summed E-state index contributed by atoms with van der Waals surface area (Å²) in [4.78, 5) is 24.6. The van der Waals surface area contributed by atoms with Crippen molar-refractivity contribution in [2.75, 3.05) is 115 Å². The van der Waals surface area contributed by atoms with Crippen molar-refractivity contribution in [3.8, 4) is 0 Å². The quantitative estimate of drug-likeness (QED) is 0.0489. The SMILES string of the molecule is COC(OC)C1CCN(C[C@]2(C)CCC(c3ccc(Cl)cc3)=C(CN3CCN(c4ccc(C(=O)NS(=O)(=O)c5c[c-]c(N[C@H](CCN6CCCOCC6)CSc6ccccc6)cc5)cc4)CC3)C2)CC1.F[C-](F)F.O.O.[Sc]. The van der Waals surface area contributed by atoms with E-state index in [9.17, 15) is 26.4 Å². The van der Waals surface area contributed by atoms with Crippen molar-refractivity contribution in [1.29, 1.82) is 0 Å². The van der Waals surface area contributed by atoms with Crippen LogP contribution in [-0.2, 0) is 50.1 Å². The molecule has 4 aliphatic rings. The molecule has 1 radical (unpaired) electrons. The van der Waals surface area contributed by atoms with Gasteiger partial charge in [0.05, 0.1) is 6.61 Å². The van der Waals surface area contributed by atoms with Gasteiger partial charge in [0, 0.05) is 144 Å². The number of hydrogen-bond acceptors (Lipinski definition) is 12. The second-order valence-corrected chi connectivity index (χ2v) is 23.2. The summed E-state index contributed by atoms with van der Waals surface area (Å²) in [6.45, 7) is 11.5. The molecule has 14 nitrogen and oxygen atoms in total. The van der Waals surface area contributed by atoms with Crippen LogP contribution in [0.4, 0.5) is 24.5 Å². The van der Waals surface area contributed by atoms with Crippen LogP contribution in [0.2, 0.25) is 5.02 Å². The predicted molar refractivity (Wildman–Crippen MR) is 297 cm³/mol. The van der Waals surface area contributed by atoms with Crippen LogP contribution in [0.25, 0.3) is 5.57 Å². The summed E-state index contributed by atoms with van der Waals surface area (Å²) in [7, 11) is -0.660. The summed E-state index contributed by atoms with van der Waals surface area (Å²) in [5, 5.41) is 4.35. The summed E-state index contributed by atoms with van der Waals surface area (Å²) in [6.07, 6.45) is 7.25. The Balaban J connectivity index is 0.00000177. The van der Waals surface area contributed by atoms with Gasteiger partial charge in [0.15, 0.2) is 13.0 Å². The molecule has 1 aliphatic carbocycles. The van der Waals surface area contributed by atoms with Crippen molar-refractivity contribution < 1.29 is 77.4 Å². The van der Waals surface area contributed by atoms with Crippen LogP contribution in [-0.4, -0.2) is 157 Å². The molecule has 0 spiro atoms. The number of benzene rings is 4. The molecule has 8 rings (SSSR count). The number of thioether (sulfide) groups is 1. The summed E-state index contributed by atoms with van der Waals surface area (Å²) in [6, 6.07) is 33.9. The van der Waals surface area contributed by atoms with Crippen molar-refractivity contribution in [3.63, 3.8) is 0 Å². The van der Waals surface area contributed by atoms with Crippen LogP contribution in [0.5, 0.6) is 0 Å². The third-order valence-electron chi connectivity index (χ3n) is 14.6. The molecule has 0 saturated carbocycles. The number of anilines is 2. The first kappa shape index (κ1) is 66.1. The summed E-state index contributed by atoms with van der Waals surface area (Å²) >= 11 is 8.13. The van der Waals surface area contributed by atoms with Crippen molar-refractivity contribution in [1.82, 2.24) is 19.4 Å². The van der Waals surface area contributed by atoms with E-state index in [1.807, 2.05) is 42.5 Å². The maximum absolute atomic E-state index is 13.5. The molecule has 6 N–H and O–H groups in total. The van der Waals surface area contributed by atoms with Gasteiger partial charge in [-0.05, 0) is 128 Å². The number of sulfonamides is 1. The largest absolute Gasteiger partial charge is 0.412 e. The zero-order valence-corrected chi connectivity index (χ0v) is 48.7. The summed E-state index contributed by atoms with van der Waals surface area (Å²) in [5.41, 5.74) is 6.45. The number of nitrogens with zero attached hydrogens (tertiary/aromatic N) is 4. The molecule has 0 bridgehead atoms. The van der Waals surface area contributed by atoms with E-state index in [4.69, 9.17) is 25.8 Å². The number of ether oxygens (including phenoxy) is 3. The van der Waals surface area contributed by atoms with Crippen LogP contribution in [0.1, 0.15) is 67.8 Å². The standard InChI is InChI=1S/C55H72ClN6O6S2.CF3.2H2O.Sc/c1-55(41-61-28-23-44(24-29-61)54(66-2)67-3)26-22-52(42-10-14-46(56)15-11-42)45(38-55)39-60-31-33-62(34-32-60)49-18-12-43(13-19-49)53(63)58-70(64,65)51-20-16-47(17-21-51)57-48(40-69-50-8-5-4-6-9-50)25-30-59-27-7-36-68-37-35-59;2-1(3)4;;;/h4-6,8-16,18-21,44,48,54,57H,7,22-41H2,1-3H3,(H,58,63);;2*1H2;/q2*-1;;;/t48-,55-;;;;/m1..../s1. The van der Waals surface area contributed by atoms with E-state index >= 15 is 0 Å². The van der Waals surface area contributed by atoms with E-state index in [-0.39, 0.29) is 65.0 Å². The van der Waals surface area contributed by atoms with Crippen LogP contribution in [0, 0.1) is 24.1 Å². The first-order valence-electron chi connectivity index (χ1n) is 25.7. The number of carbonyl (C=O) groups excluding carboxylic acids is 1. The predicted octanol–water partition coefficient (Wildman–Crippen LogP) is 8.73. The third kappa shape index (κ3) is 20.6. The molecule has 2 atom stereocenters. The second-order valence-electron chi connectivity index (χ2n) is 20.0. The van der Waals surface area contributed by atoms with Gasteiger partial charge in [0.25, 0.3) is 5.91 Å². The zero-order chi connectivity index (χ0) is 52.5. The smallest absolute Gasteiger partial charge is 0.264 e. The van der Waals surface area contributed by atoms with Crippen LogP contribution < -0.4 is 14.9 Å². The van der Waals surface area contributed by atoms with Gasteiger partial charge in [-0.3, -0.25) is 14.4 Å². The first-order chi connectivity index (χ1) is 35.7. The Morgan fingerprint density at radius 1 is 0.870 bits per heavy atom. The van der Waals surface area contributed by atoms with E-state index in [0.717, 1.165) is 147 Å². The molecule has 21 heteroatoms. The number of hydrogen-bond donors (Lipinski definition) is 2. The van der Waals surface area contributed by atoms with Crippen molar-refractivity contribution in [3.05, 3.63) is 132 Å². The molecule has 77 heavy (non-hydrogen) atoms. The van der Waals surface area contributed by atoms with Crippen molar-refractivity contribution in [2.24, 2.45) is 11.3 Å². The number of piperidine rings is 1. The maximum Gasteiger partial charge on any atom is 0.264 e. The van der Waals surface area contributed by atoms with Crippen molar-refractivity contribution in [2.45, 2.75) is 74.0 Å². The van der Waals surface area contributed by atoms with Gasteiger partial charge < -0.3 is 58.4 Å². The molecule has 4 aromatic carbocycles. The second kappa shape index (κ2) is 32.8. The number of methoxy groups -OCH3 is 2. The number of carbonyl (C=O) groups is 1.